The van der Waals surface area contributed by atoms with Crippen molar-refractivity contribution in [3.05, 3.63) is 165 Å². The van der Waals surface area contributed by atoms with Crippen LogP contribution in [0.3, 0.4) is 0 Å². The third kappa shape index (κ3) is 8.11. The van der Waals surface area contributed by atoms with Crippen LogP contribution in [0.25, 0.3) is 10.1 Å². The van der Waals surface area contributed by atoms with Crippen molar-refractivity contribution < 1.29 is 4.74 Å². The van der Waals surface area contributed by atoms with Crippen molar-refractivity contribution in [3.63, 3.8) is 0 Å². The van der Waals surface area contributed by atoms with Crippen molar-refractivity contribution in [1.82, 2.24) is 0 Å². The minimum Gasteiger partial charge on any atom is -0.453 e. The number of rotatable bonds is 3. The van der Waals surface area contributed by atoms with Crippen molar-refractivity contribution in [3.8, 4) is 11.5 Å². The Balaban J connectivity index is 1.12. The van der Waals surface area contributed by atoms with Crippen LogP contribution in [0.15, 0.2) is 115 Å². The summed E-state index contributed by atoms with van der Waals surface area (Å²) in [6.07, 6.45) is 9.31. The highest BCUT2D eigenvalue weighted by molar-refractivity contribution is 7.33. The molecule has 0 bridgehead atoms. The number of fused-ring (bicyclic) bond motifs is 12. The summed E-state index contributed by atoms with van der Waals surface area (Å²) in [5.41, 5.74) is 27.1. The number of nitrogens with zero attached hydrogens (tertiary/aromatic N) is 3. The molecule has 0 spiro atoms. The van der Waals surface area contributed by atoms with Gasteiger partial charge in [0.05, 0.1) is 22.7 Å². The summed E-state index contributed by atoms with van der Waals surface area (Å²) in [4.78, 5) is 8.09. The number of anilines is 9. The van der Waals surface area contributed by atoms with E-state index in [2.05, 4.69) is 273 Å². The van der Waals surface area contributed by atoms with Gasteiger partial charge in [0.1, 0.15) is 0 Å². The lowest BCUT2D eigenvalue weighted by atomic mass is 9.35. The number of hydrogen-bond acceptors (Lipinski definition) is 5. The molecule has 0 amide bonds. The maximum atomic E-state index is 7.06. The zero-order valence-electron chi connectivity index (χ0n) is 55.4. The molecule has 7 aromatic carbocycles. The lowest BCUT2D eigenvalue weighted by molar-refractivity contribution is 0.332. The molecule has 0 unspecified atom stereocenters. The first-order chi connectivity index (χ1) is 40.2. The predicted molar refractivity (Wildman–Crippen MR) is 370 cm³/mol. The van der Waals surface area contributed by atoms with Crippen LogP contribution in [-0.2, 0) is 48.7 Å². The topological polar surface area (TPSA) is 19.0 Å². The Hall–Kier alpha value is -6.24. The monoisotopic (exact) mass is 1150 g/mol. The average Bonchev–Trinajstić information content (AvgIpc) is 1.24. The standard InChI is InChI=1S/C80H92BN3OS/c1-72(2,3)47-24-29-62-67(38-47)85-66-23-21-20-22-61(66)83(62)50-41-64-69-65(42-50)84(49-26-28-53-55(40-49)76(10,11)33-31-74(53,6)7)70-51-43-56-59(80(18,19)37-34-77(56,12)13)46-68(51)86-71(70)81(69)60-44-57-58(79(16,17)36-35-78(57,14)15)45-63(60)82(64)48-25-27-52-54(39-48)75(8,9)32-30-73(52,4)5/h20-29,38-46H,30-37H2,1-19H3. The summed E-state index contributed by atoms with van der Waals surface area (Å²) < 4.78 is 9.91. The summed E-state index contributed by atoms with van der Waals surface area (Å²) >= 11 is 2.08. The molecule has 1 aromatic heterocycles. The van der Waals surface area contributed by atoms with Gasteiger partial charge in [0.25, 0.3) is 6.71 Å². The fourth-order valence-electron chi connectivity index (χ4n) is 17.2. The summed E-state index contributed by atoms with van der Waals surface area (Å²) in [6, 6.07) is 47.1. The van der Waals surface area contributed by atoms with Gasteiger partial charge in [0.15, 0.2) is 11.5 Å². The Morgan fingerprint density at radius 2 is 0.826 bits per heavy atom. The van der Waals surface area contributed by atoms with Gasteiger partial charge in [0.2, 0.25) is 0 Å². The maximum absolute atomic E-state index is 7.06. The highest BCUT2D eigenvalue weighted by Crippen LogP contribution is 2.59. The first kappa shape index (κ1) is 56.3. The third-order valence-corrected chi connectivity index (χ3v) is 24.6. The van der Waals surface area contributed by atoms with Gasteiger partial charge >= 0.3 is 0 Å². The van der Waals surface area contributed by atoms with Crippen molar-refractivity contribution >= 4 is 95.0 Å². The van der Waals surface area contributed by atoms with E-state index in [1.54, 1.807) is 0 Å². The molecule has 3 aliphatic heterocycles. The van der Waals surface area contributed by atoms with Crippen LogP contribution in [0.5, 0.6) is 11.5 Å². The Morgan fingerprint density at radius 1 is 0.384 bits per heavy atom. The first-order valence-corrected chi connectivity index (χ1v) is 33.6. The van der Waals surface area contributed by atoms with E-state index in [4.69, 9.17) is 4.74 Å². The molecule has 86 heavy (non-hydrogen) atoms. The van der Waals surface area contributed by atoms with E-state index in [0.29, 0.717) is 0 Å². The molecule has 4 heterocycles. The Bertz CT molecular complexity index is 4250. The van der Waals surface area contributed by atoms with Crippen LogP contribution < -0.4 is 35.1 Å². The molecular formula is C80H92BN3OS. The summed E-state index contributed by atoms with van der Waals surface area (Å²) in [7, 11) is 0. The Kier molecular flexibility index (Phi) is 11.6. The Morgan fingerprint density at radius 3 is 1.37 bits per heavy atom. The first-order valence-electron chi connectivity index (χ1n) is 32.8. The van der Waals surface area contributed by atoms with Crippen LogP contribution in [0.2, 0.25) is 0 Å². The molecule has 15 rings (SSSR count). The zero-order chi connectivity index (χ0) is 60.7. The second-order valence-electron chi connectivity index (χ2n) is 34.0. The van der Waals surface area contributed by atoms with Crippen LogP contribution in [0.4, 0.5) is 51.2 Å². The van der Waals surface area contributed by atoms with E-state index in [1.165, 1.54) is 136 Å². The molecule has 0 radical (unpaired) electrons. The molecule has 0 fully saturated rings. The molecular weight excluding hydrogens is 1060 g/mol. The summed E-state index contributed by atoms with van der Waals surface area (Å²) in [6.45, 7) is 46.9. The molecule has 0 saturated heterocycles. The Labute approximate surface area is 519 Å². The average molecular weight is 1150 g/mol. The molecule has 7 aliphatic rings. The van der Waals surface area contributed by atoms with Crippen molar-refractivity contribution in [2.24, 2.45) is 0 Å². The highest BCUT2D eigenvalue weighted by Gasteiger charge is 2.51. The van der Waals surface area contributed by atoms with E-state index in [0.717, 1.165) is 54.2 Å². The largest absolute Gasteiger partial charge is 0.453 e. The molecule has 8 aromatic rings. The minimum absolute atomic E-state index is 0.00597. The molecule has 4 nitrogen and oxygen atoms in total. The van der Waals surface area contributed by atoms with Gasteiger partial charge in [-0.2, -0.15) is 0 Å². The quantitative estimate of drug-likeness (QED) is 0.164. The van der Waals surface area contributed by atoms with Gasteiger partial charge in [-0.25, -0.2) is 0 Å². The summed E-state index contributed by atoms with van der Waals surface area (Å²) in [5.74, 6) is 1.75. The van der Waals surface area contributed by atoms with Gasteiger partial charge in [-0.05, 0) is 240 Å². The highest BCUT2D eigenvalue weighted by atomic mass is 32.1. The summed E-state index contributed by atoms with van der Waals surface area (Å²) in [5, 5.41) is 1.38. The normalized spacial score (nSPS) is 21.3. The van der Waals surface area contributed by atoms with E-state index < -0.39 is 0 Å². The maximum Gasteiger partial charge on any atom is 0.264 e. The van der Waals surface area contributed by atoms with Gasteiger partial charge < -0.3 is 19.4 Å². The van der Waals surface area contributed by atoms with Crippen LogP contribution in [-0.4, -0.2) is 6.71 Å². The van der Waals surface area contributed by atoms with Crippen molar-refractivity contribution in [2.45, 2.75) is 232 Å². The second kappa shape index (κ2) is 17.8. The number of para-hydroxylation sites is 2. The van der Waals surface area contributed by atoms with Crippen LogP contribution in [0, 0.1) is 0 Å². The van der Waals surface area contributed by atoms with Crippen LogP contribution >= 0.6 is 11.3 Å². The number of thiophene rings is 1. The van der Waals surface area contributed by atoms with Crippen LogP contribution in [0.1, 0.15) is 233 Å². The molecule has 0 atom stereocenters. The lowest BCUT2D eigenvalue weighted by Crippen LogP contribution is -2.61. The fourth-order valence-corrected chi connectivity index (χ4v) is 18.5. The smallest absolute Gasteiger partial charge is 0.264 e. The SMILES string of the molecule is CC(C)(C)c1ccc2c(c1)Oc1ccccc1N2c1cc2c3c(c1)N(c1ccc4c(c1)C(C)(C)CCC4(C)C)c1c(sc4cc5c(cc14)C(C)(C)CCC5(C)C)B3c1cc3c(cc1N2c1ccc2c(c1)C(C)(C)CCC2(C)C)C(C)(C)CCC3(C)C. The lowest BCUT2D eigenvalue weighted by Gasteiger charge is -2.48. The van der Waals surface area contributed by atoms with Crippen molar-refractivity contribution in [1.29, 1.82) is 0 Å². The van der Waals surface area contributed by atoms with Gasteiger partial charge in [-0.3, -0.25) is 0 Å². The molecule has 0 saturated carbocycles. The minimum atomic E-state index is -0.0644. The number of benzene rings is 7. The number of hydrogen-bond donors (Lipinski definition) is 0. The fraction of sp³-hybridized carbons (Fsp3) is 0.450. The second-order valence-corrected chi connectivity index (χ2v) is 35.1. The van der Waals surface area contributed by atoms with E-state index in [-0.39, 0.29) is 55.4 Å². The van der Waals surface area contributed by atoms with Gasteiger partial charge in [-0.15, -0.1) is 11.3 Å². The van der Waals surface area contributed by atoms with Gasteiger partial charge in [0, 0.05) is 43.3 Å². The zero-order valence-corrected chi connectivity index (χ0v) is 56.2. The third-order valence-electron chi connectivity index (χ3n) is 23.4. The molecule has 0 N–H and O–H groups in total. The molecule has 4 aliphatic carbocycles. The molecule has 6 heteroatoms. The predicted octanol–water partition coefficient (Wildman–Crippen LogP) is 21.3. The van der Waals surface area contributed by atoms with Crippen molar-refractivity contribution in [2.75, 3.05) is 14.7 Å². The number of ether oxygens (including phenoxy) is 1. The van der Waals surface area contributed by atoms with Gasteiger partial charge in [-0.1, -0.05) is 168 Å². The molecule has 442 valence electrons. The van der Waals surface area contributed by atoms with E-state index >= 15 is 0 Å². The van der Waals surface area contributed by atoms with E-state index in [9.17, 15) is 0 Å². The van der Waals surface area contributed by atoms with E-state index in [1.807, 2.05) is 0 Å².